The standard InChI is InChI=1S/C8H15N3O5/c1-4(12)6(7(14)15)11-8(16)10-3-5(13)9-2/h4,6,12H,3H2,1-2H3,(H,9,13)(H,14,15)(H2,10,11,16). The molecule has 0 spiro atoms. The molecule has 0 fully saturated rings. The van der Waals surface area contributed by atoms with Gasteiger partial charge in [-0.15, -0.1) is 0 Å². The van der Waals surface area contributed by atoms with E-state index in [0.29, 0.717) is 0 Å². The summed E-state index contributed by atoms with van der Waals surface area (Å²) in [4.78, 5) is 32.4. The lowest BCUT2D eigenvalue weighted by atomic mass is 10.2. The molecule has 0 aliphatic rings. The predicted molar refractivity (Wildman–Crippen MR) is 53.7 cm³/mol. The summed E-state index contributed by atoms with van der Waals surface area (Å²) in [6.45, 7) is 0.965. The van der Waals surface area contributed by atoms with Crippen LogP contribution in [0.4, 0.5) is 4.79 Å². The topological polar surface area (TPSA) is 128 Å². The Morgan fingerprint density at radius 3 is 2.25 bits per heavy atom. The summed E-state index contributed by atoms with van der Waals surface area (Å²) in [6.07, 6.45) is -1.23. The van der Waals surface area contributed by atoms with Crippen molar-refractivity contribution < 1.29 is 24.6 Å². The lowest BCUT2D eigenvalue weighted by Crippen LogP contribution is -2.52. The van der Waals surface area contributed by atoms with Crippen molar-refractivity contribution in [2.24, 2.45) is 0 Å². The van der Waals surface area contributed by atoms with E-state index in [1.165, 1.54) is 14.0 Å². The van der Waals surface area contributed by atoms with Gasteiger partial charge in [-0.3, -0.25) is 4.79 Å². The van der Waals surface area contributed by atoms with E-state index in [2.05, 4.69) is 10.6 Å². The summed E-state index contributed by atoms with van der Waals surface area (Å²) in [7, 11) is 1.40. The summed E-state index contributed by atoms with van der Waals surface area (Å²) in [5, 5.41) is 24.1. The Kier molecular flexibility index (Phi) is 5.86. The lowest BCUT2D eigenvalue weighted by molar-refractivity contribution is -0.141. The van der Waals surface area contributed by atoms with Gasteiger partial charge in [-0.05, 0) is 6.92 Å². The SMILES string of the molecule is CNC(=O)CNC(=O)NC(C(=O)O)C(C)O. The first-order chi connectivity index (χ1) is 7.38. The minimum atomic E-state index is -1.41. The maximum atomic E-state index is 11.1. The zero-order chi connectivity index (χ0) is 12.7. The number of nitrogens with one attached hydrogen (secondary N) is 3. The molecule has 8 nitrogen and oxygen atoms in total. The fourth-order valence-electron chi connectivity index (χ4n) is 0.830. The van der Waals surface area contributed by atoms with E-state index in [4.69, 9.17) is 10.2 Å². The molecule has 0 aliphatic carbocycles. The average molecular weight is 233 g/mol. The number of carboxylic acid groups (broad SMARTS) is 1. The minimum absolute atomic E-state index is 0.269. The molecule has 0 aromatic carbocycles. The van der Waals surface area contributed by atoms with Crippen LogP contribution in [0.2, 0.25) is 0 Å². The minimum Gasteiger partial charge on any atom is -0.480 e. The quantitative estimate of drug-likeness (QED) is 0.370. The van der Waals surface area contributed by atoms with Gasteiger partial charge in [0, 0.05) is 7.05 Å². The van der Waals surface area contributed by atoms with E-state index < -0.39 is 30.1 Å². The fraction of sp³-hybridized carbons (Fsp3) is 0.625. The van der Waals surface area contributed by atoms with E-state index in [0.717, 1.165) is 0 Å². The molecule has 0 bridgehead atoms. The third kappa shape index (κ3) is 5.15. The second-order valence-corrected chi connectivity index (χ2v) is 3.06. The number of urea groups is 1. The van der Waals surface area contributed by atoms with Gasteiger partial charge in [0.15, 0.2) is 6.04 Å². The van der Waals surface area contributed by atoms with Crippen LogP contribution in [0.5, 0.6) is 0 Å². The Morgan fingerprint density at radius 2 is 1.88 bits per heavy atom. The highest BCUT2D eigenvalue weighted by Crippen LogP contribution is 1.92. The van der Waals surface area contributed by atoms with Crippen molar-refractivity contribution in [3.8, 4) is 0 Å². The number of rotatable bonds is 5. The van der Waals surface area contributed by atoms with Crippen LogP contribution >= 0.6 is 0 Å². The summed E-state index contributed by atoms with van der Waals surface area (Å²) < 4.78 is 0. The third-order valence-electron chi connectivity index (χ3n) is 1.72. The number of carbonyl (C=O) groups is 3. The molecule has 0 aliphatic heterocycles. The van der Waals surface area contributed by atoms with Gasteiger partial charge < -0.3 is 26.2 Å². The number of aliphatic carboxylic acids is 1. The van der Waals surface area contributed by atoms with Crippen LogP contribution in [0.3, 0.4) is 0 Å². The van der Waals surface area contributed by atoms with E-state index in [-0.39, 0.29) is 6.54 Å². The Balaban J connectivity index is 4.11. The van der Waals surface area contributed by atoms with Gasteiger partial charge in [-0.25, -0.2) is 9.59 Å². The Hall–Kier alpha value is -1.83. The van der Waals surface area contributed by atoms with Gasteiger partial charge in [0.05, 0.1) is 12.6 Å². The second-order valence-electron chi connectivity index (χ2n) is 3.06. The normalized spacial score (nSPS) is 13.4. The number of amides is 3. The zero-order valence-electron chi connectivity index (χ0n) is 8.98. The van der Waals surface area contributed by atoms with Crippen molar-refractivity contribution in [1.82, 2.24) is 16.0 Å². The molecule has 0 rings (SSSR count). The van der Waals surface area contributed by atoms with Crippen molar-refractivity contribution in [2.75, 3.05) is 13.6 Å². The highest BCUT2D eigenvalue weighted by Gasteiger charge is 2.24. The van der Waals surface area contributed by atoms with Crippen LogP contribution in [0.25, 0.3) is 0 Å². The number of hydrogen-bond acceptors (Lipinski definition) is 4. The maximum Gasteiger partial charge on any atom is 0.328 e. The summed E-state index contributed by atoms with van der Waals surface area (Å²) in [5.74, 6) is -1.77. The van der Waals surface area contributed by atoms with Crippen molar-refractivity contribution in [1.29, 1.82) is 0 Å². The number of aliphatic hydroxyl groups excluding tert-OH is 1. The highest BCUT2D eigenvalue weighted by atomic mass is 16.4. The molecule has 0 saturated heterocycles. The fourth-order valence-corrected chi connectivity index (χ4v) is 0.830. The van der Waals surface area contributed by atoms with Crippen molar-refractivity contribution in [3.05, 3.63) is 0 Å². The Morgan fingerprint density at radius 1 is 1.31 bits per heavy atom. The zero-order valence-corrected chi connectivity index (χ0v) is 8.98. The molecular weight excluding hydrogens is 218 g/mol. The predicted octanol–water partition coefficient (Wildman–Crippen LogP) is -2.13. The summed E-state index contributed by atoms with van der Waals surface area (Å²) >= 11 is 0. The van der Waals surface area contributed by atoms with Crippen molar-refractivity contribution >= 4 is 17.9 Å². The van der Waals surface area contributed by atoms with Gasteiger partial charge in [0.25, 0.3) is 0 Å². The van der Waals surface area contributed by atoms with Crippen LogP contribution in [0.1, 0.15) is 6.92 Å². The number of likely N-dealkylation sites (N-methyl/N-ethyl adjacent to an activating group) is 1. The number of hydrogen-bond donors (Lipinski definition) is 5. The molecule has 0 saturated carbocycles. The molecule has 2 unspecified atom stereocenters. The van der Waals surface area contributed by atoms with E-state index in [1.54, 1.807) is 0 Å². The van der Waals surface area contributed by atoms with E-state index >= 15 is 0 Å². The van der Waals surface area contributed by atoms with Gasteiger partial charge >= 0.3 is 12.0 Å². The van der Waals surface area contributed by atoms with Crippen LogP contribution in [0.15, 0.2) is 0 Å². The first-order valence-electron chi connectivity index (χ1n) is 4.54. The van der Waals surface area contributed by atoms with Gasteiger partial charge in [-0.2, -0.15) is 0 Å². The smallest absolute Gasteiger partial charge is 0.328 e. The molecule has 5 N–H and O–H groups in total. The second kappa shape index (κ2) is 6.62. The average Bonchev–Trinajstić information content (AvgIpc) is 2.21. The molecule has 92 valence electrons. The molecule has 0 aromatic heterocycles. The van der Waals surface area contributed by atoms with Crippen LogP contribution in [0, 0.1) is 0 Å². The summed E-state index contributed by atoms with van der Waals surface area (Å²) in [6, 6.07) is -2.25. The van der Waals surface area contributed by atoms with Gasteiger partial charge in [0.1, 0.15) is 0 Å². The third-order valence-corrected chi connectivity index (χ3v) is 1.72. The summed E-state index contributed by atoms with van der Waals surface area (Å²) in [5.41, 5.74) is 0. The van der Waals surface area contributed by atoms with Crippen LogP contribution < -0.4 is 16.0 Å². The molecule has 0 aromatic rings. The van der Waals surface area contributed by atoms with E-state index in [9.17, 15) is 14.4 Å². The molecule has 0 radical (unpaired) electrons. The molecule has 3 amide bonds. The number of aliphatic hydroxyl groups is 1. The monoisotopic (exact) mass is 233 g/mol. The van der Waals surface area contributed by atoms with Crippen molar-refractivity contribution in [3.63, 3.8) is 0 Å². The van der Waals surface area contributed by atoms with Crippen LogP contribution in [-0.2, 0) is 9.59 Å². The highest BCUT2D eigenvalue weighted by molar-refractivity contribution is 5.86. The maximum absolute atomic E-state index is 11.1. The first-order valence-corrected chi connectivity index (χ1v) is 4.54. The molecule has 0 heterocycles. The first kappa shape index (κ1) is 14.2. The Labute approximate surface area is 92.0 Å². The van der Waals surface area contributed by atoms with Gasteiger partial charge in [0.2, 0.25) is 5.91 Å². The largest absolute Gasteiger partial charge is 0.480 e. The molecule has 8 heteroatoms. The van der Waals surface area contributed by atoms with E-state index in [1.807, 2.05) is 5.32 Å². The Bertz CT molecular complexity index is 279. The number of carboxylic acids is 1. The van der Waals surface area contributed by atoms with Crippen LogP contribution in [-0.4, -0.2) is 53.9 Å². The molecular formula is C8H15N3O5. The van der Waals surface area contributed by atoms with Gasteiger partial charge in [-0.1, -0.05) is 0 Å². The lowest BCUT2D eigenvalue weighted by Gasteiger charge is -2.17. The molecule has 2 atom stereocenters. The molecule has 16 heavy (non-hydrogen) atoms. The number of carbonyl (C=O) groups excluding carboxylic acids is 2. The van der Waals surface area contributed by atoms with Crippen molar-refractivity contribution in [2.45, 2.75) is 19.1 Å².